The smallest absolute Gasteiger partial charge is 0.263 e. The van der Waals surface area contributed by atoms with Gasteiger partial charge in [-0.1, -0.05) is 12.2 Å². The number of thiocarbonyl (C=S) groups is 1. The predicted molar refractivity (Wildman–Crippen MR) is 83.8 cm³/mol. The summed E-state index contributed by atoms with van der Waals surface area (Å²) in [5, 5.41) is 0. The summed E-state index contributed by atoms with van der Waals surface area (Å²) in [6.45, 7) is 0.135. The number of nitrogens with one attached hydrogen (secondary N) is 1. The summed E-state index contributed by atoms with van der Waals surface area (Å²) in [5.41, 5.74) is 5.74. The number of hydrogen-bond acceptors (Lipinski definition) is 5. The largest absolute Gasteiger partial charge is 0.487 e. The lowest BCUT2D eigenvalue weighted by Crippen LogP contribution is -2.17. The number of pyridine rings is 1. The maximum atomic E-state index is 12.1. The molecule has 0 fully saturated rings. The number of benzene rings is 1. The Kier molecular flexibility index (Phi) is 4.71. The molecule has 1 aromatic carbocycles. The molecule has 1 aromatic heterocycles. The Morgan fingerprint density at radius 3 is 2.57 bits per heavy atom. The van der Waals surface area contributed by atoms with Crippen LogP contribution in [0.2, 0.25) is 0 Å². The van der Waals surface area contributed by atoms with Crippen molar-refractivity contribution in [2.75, 3.05) is 11.3 Å². The van der Waals surface area contributed by atoms with Gasteiger partial charge in [-0.05, 0) is 36.4 Å². The van der Waals surface area contributed by atoms with Crippen molar-refractivity contribution in [2.24, 2.45) is 5.73 Å². The molecule has 0 atom stereocenters. The van der Waals surface area contributed by atoms with E-state index in [2.05, 4.69) is 9.71 Å². The van der Waals surface area contributed by atoms with Gasteiger partial charge in [-0.15, -0.1) is 0 Å². The average molecular weight is 323 g/mol. The maximum absolute atomic E-state index is 12.1. The highest BCUT2D eigenvalue weighted by Crippen LogP contribution is 2.19. The van der Waals surface area contributed by atoms with E-state index in [-0.39, 0.29) is 16.5 Å². The van der Waals surface area contributed by atoms with Gasteiger partial charge in [0.15, 0.2) is 0 Å². The van der Waals surface area contributed by atoms with E-state index in [1.54, 1.807) is 30.3 Å². The van der Waals surface area contributed by atoms with Crippen LogP contribution < -0.4 is 15.2 Å². The fraction of sp³-hybridized carbons (Fsp3) is 0.0769. The second kappa shape index (κ2) is 6.51. The minimum absolute atomic E-state index is 0.0961. The molecular formula is C13H13N3O3S2. The first-order valence-electron chi connectivity index (χ1n) is 5.91. The topological polar surface area (TPSA) is 94.3 Å². The Hall–Kier alpha value is -2.19. The lowest BCUT2D eigenvalue weighted by Gasteiger charge is -2.09. The number of hydrogen-bond donors (Lipinski definition) is 2. The van der Waals surface area contributed by atoms with Gasteiger partial charge in [0, 0.05) is 18.1 Å². The van der Waals surface area contributed by atoms with Crippen LogP contribution >= 0.6 is 12.2 Å². The van der Waals surface area contributed by atoms with Crippen LogP contribution in [0.1, 0.15) is 0 Å². The maximum Gasteiger partial charge on any atom is 0.263 e. The molecule has 6 nitrogen and oxygen atoms in total. The molecular weight excluding hydrogens is 310 g/mol. The summed E-state index contributed by atoms with van der Waals surface area (Å²) < 4.78 is 31.9. The SMILES string of the molecule is NC(=S)COc1ccc(NS(=O)(=O)c2cccnc2)cc1. The second-order valence-electron chi connectivity index (χ2n) is 4.07. The molecule has 0 bridgehead atoms. The van der Waals surface area contributed by atoms with Crippen molar-refractivity contribution >= 4 is 32.9 Å². The monoisotopic (exact) mass is 323 g/mol. The zero-order valence-electron chi connectivity index (χ0n) is 10.9. The van der Waals surface area contributed by atoms with Gasteiger partial charge in [0.05, 0.1) is 0 Å². The zero-order chi connectivity index (χ0) is 15.3. The quantitative estimate of drug-likeness (QED) is 0.783. The highest BCUT2D eigenvalue weighted by Gasteiger charge is 2.13. The Bertz CT molecular complexity index is 716. The normalized spacial score (nSPS) is 10.9. The minimum atomic E-state index is -3.65. The molecule has 0 aliphatic heterocycles. The number of nitrogens with two attached hydrogens (primary N) is 1. The summed E-state index contributed by atoms with van der Waals surface area (Å²) in [5.74, 6) is 0.548. The highest BCUT2D eigenvalue weighted by atomic mass is 32.2. The van der Waals surface area contributed by atoms with Crippen LogP contribution in [0.4, 0.5) is 5.69 Å². The van der Waals surface area contributed by atoms with Crippen molar-refractivity contribution in [3.8, 4) is 5.75 Å². The van der Waals surface area contributed by atoms with Crippen LogP contribution in [0, 0.1) is 0 Å². The number of anilines is 1. The van der Waals surface area contributed by atoms with Gasteiger partial charge in [0.25, 0.3) is 10.0 Å². The van der Waals surface area contributed by atoms with Gasteiger partial charge in [-0.3, -0.25) is 9.71 Å². The van der Waals surface area contributed by atoms with Gasteiger partial charge in [0.2, 0.25) is 0 Å². The molecule has 8 heteroatoms. The molecule has 3 N–H and O–H groups in total. The van der Waals surface area contributed by atoms with E-state index in [9.17, 15) is 8.42 Å². The third-order valence-electron chi connectivity index (χ3n) is 2.43. The highest BCUT2D eigenvalue weighted by molar-refractivity contribution is 7.92. The first-order valence-corrected chi connectivity index (χ1v) is 7.80. The molecule has 0 amide bonds. The third kappa shape index (κ3) is 4.40. The van der Waals surface area contributed by atoms with Gasteiger partial charge >= 0.3 is 0 Å². The molecule has 0 spiro atoms. The van der Waals surface area contributed by atoms with E-state index in [0.717, 1.165) is 0 Å². The number of aromatic nitrogens is 1. The molecule has 110 valence electrons. The molecule has 2 rings (SSSR count). The van der Waals surface area contributed by atoms with Crippen molar-refractivity contribution < 1.29 is 13.2 Å². The van der Waals surface area contributed by atoms with Gasteiger partial charge in [0.1, 0.15) is 22.2 Å². The third-order valence-corrected chi connectivity index (χ3v) is 3.92. The van der Waals surface area contributed by atoms with Crippen LogP contribution in [0.25, 0.3) is 0 Å². The standard InChI is InChI=1S/C13H13N3O3S2/c14-13(20)9-19-11-5-3-10(4-6-11)16-21(17,18)12-2-1-7-15-8-12/h1-8,16H,9H2,(H2,14,20). The molecule has 21 heavy (non-hydrogen) atoms. The van der Waals surface area contributed by atoms with Crippen LogP contribution in [0.3, 0.4) is 0 Å². The summed E-state index contributed by atoms with van der Waals surface area (Å²) in [6, 6.07) is 9.45. The predicted octanol–water partition coefficient (Wildman–Crippen LogP) is 1.55. The fourth-order valence-corrected chi connectivity index (χ4v) is 2.57. The molecule has 0 radical (unpaired) electrons. The first kappa shape index (κ1) is 15.2. The van der Waals surface area contributed by atoms with Crippen LogP contribution in [-0.2, 0) is 10.0 Å². The molecule has 2 aromatic rings. The Labute approximate surface area is 128 Å². The second-order valence-corrected chi connectivity index (χ2v) is 6.28. The summed E-state index contributed by atoms with van der Waals surface area (Å²) in [7, 11) is -3.65. The fourth-order valence-electron chi connectivity index (χ4n) is 1.49. The minimum Gasteiger partial charge on any atom is -0.487 e. The number of nitrogens with zero attached hydrogens (tertiary/aromatic N) is 1. The van der Waals surface area contributed by atoms with Crippen molar-refractivity contribution in [1.82, 2.24) is 4.98 Å². The van der Waals surface area contributed by atoms with E-state index in [4.69, 9.17) is 22.7 Å². The lowest BCUT2D eigenvalue weighted by atomic mass is 10.3. The Morgan fingerprint density at radius 2 is 2.00 bits per heavy atom. The first-order chi connectivity index (χ1) is 9.97. The van der Waals surface area contributed by atoms with E-state index in [1.807, 2.05) is 0 Å². The zero-order valence-corrected chi connectivity index (χ0v) is 12.5. The van der Waals surface area contributed by atoms with Crippen molar-refractivity contribution in [2.45, 2.75) is 4.90 Å². The lowest BCUT2D eigenvalue weighted by molar-refractivity contribution is 0.377. The van der Waals surface area contributed by atoms with Crippen LogP contribution in [0.15, 0.2) is 53.7 Å². The summed E-state index contributed by atoms with van der Waals surface area (Å²) in [4.78, 5) is 4.13. The molecule has 0 saturated carbocycles. The molecule has 1 heterocycles. The van der Waals surface area contributed by atoms with E-state index in [1.165, 1.54) is 18.5 Å². The molecule has 0 aliphatic carbocycles. The Balaban J connectivity index is 2.08. The molecule has 0 aliphatic rings. The van der Waals surface area contributed by atoms with Gasteiger partial charge in [-0.2, -0.15) is 0 Å². The summed E-state index contributed by atoms with van der Waals surface area (Å²) in [6.07, 6.45) is 2.79. The molecule has 0 unspecified atom stereocenters. The Morgan fingerprint density at radius 1 is 1.29 bits per heavy atom. The molecule has 0 saturated heterocycles. The average Bonchev–Trinajstić information content (AvgIpc) is 2.47. The van der Waals surface area contributed by atoms with Gasteiger partial charge in [-0.25, -0.2) is 8.42 Å². The van der Waals surface area contributed by atoms with Crippen molar-refractivity contribution in [1.29, 1.82) is 0 Å². The number of ether oxygens (including phenoxy) is 1. The van der Waals surface area contributed by atoms with Crippen LogP contribution in [0.5, 0.6) is 5.75 Å². The van der Waals surface area contributed by atoms with Crippen molar-refractivity contribution in [3.63, 3.8) is 0 Å². The van der Waals surface area contributed by atoms with Crippen molar-refractivity contribution in [3.05, 3.63) is 48.8 Å². The van der Waals surface area contributed by atoms with Crippen LogP contribution in [-0.4, -0.2) is 25.0 Å². The number of rotatable bonds is 6. The van der Waals surface area contributed by atoms with E-state index in [0.29, 0.717) is 11.4 Å². The van der Waals surface area contributed by atoms with E-state index < -0.39 is 10.0 Å². The van der Waals surface area contributed by atoms with E-state index >= 15 is 0 Å². The van der Waals surface area contributed by atoms with Gasteiger partial charge < -0.3 is 10.5 Å². The summed E-state index contributed by atoms with van der Waals surface area (Å²) >= 11 is 4.70. The number of sulfonamides is 1.